The average Bonchev–Trinajstić information content (AvgIpc) is 3.18. The molecule has 1 unspecified atom stereocenters. The van der Waals surface area contributed by atoms with Crippen LogP contribution >= 0.6 is 0 Å². The predicted octanol–water partition coefficient (Wildman–Crippen LogP) is 7.46. The maximum atomic E-state index is 6.00. The van der Waals surface area contributed by atoms with Crippen LogP contribution < -0.4 is 4.74 Å². The predicted molar refractivity (Wildman–Crippen MR) is 125 cm³/mol. The van der Waals surface area contributed by atoms with Gasteiger partial charge >= 0.3 is 0 Å². The van der Waals surface area contributed by atoms with Crippen molar-refractivity contribution in [3.05, 3.63) is 59.9 Å². The van der Waals surface area contributed by atoms with Crippen LogP contribution in [-0.4, -0.2) is 16.2 Å². The molecule has 1 saturated carbocycles. The minimum atomic E-state index is 0.613. The number of hydrogen-bond donors (Lipinski definition) is 0. The molecule has 3 nitrogen and oxygen atoms in total. The van der Waals surface area contributed by atoms with Crippen molar-refractivity contribution in [3.63, 3.8) is 0 Å². The van der Waals surface area contributed by atoms with Gasteiger partial charge in [0.25, 0.3) is 0 Å². The van der Waals surface area contributed by atoms with E-state index in [4.69, 9.17) is 9.72 Å². The SMILES string of the molecule is CCC(C)c1ccc(OCCCCn2c(C3CCCCC3)nc3ccccc32)cc1. The first-order valence-corrected chi connectivity index (χ1v) is 11.9. The van der Waals surface area contributed by atoms with Gasteiger partial charge in [0.2, 0.25) is 0 Å². The average molecular weight is 405 g/mol. The second kappa shape index (κ2) is 10.1. The van der Waals surface area contributed by atoms with Crippen LogP contribution in [0, 0.1) is 0 Å². The number of hydrogen-bond acceptors (Lipinski definition) is 2. The van der Waals surface area contributed by atoms with E-state index in [1.165, 1.54) is 55.4 Å². The van der Waals surface area contributed by atoms with E-state index in [0.29, 0.717) is 11.8 Å². The Balaban J connectivity index is 1.33. The molecular formula is C27H36N2O. The zero-order valence-electron chi connectivity index (χ0n) is 18.6. The number of aromatic nitrogens is 2. The summed E-state index contributed by atoms with van der Waals surface area (Å²) in [7, 11) is 0. The van der Waals surface area contributed by atoms with Crippen molar-refractivity contribution in [3.8, 4) is 5.75 Å². The molecule has 0 aliphatic heterocycles. The summed E-state index contributed by atoms with van der Waals surface area (Å²) in [5, 5.41) is 0. The van der Waals surface area contributed by atoms with Crippen LogP contribution in [0.15, 0.2) is 48.5 Å². The van der Waals surface area contributed by atoms with Gasteiger partial charge < -0.3 is 9.30 Å². The first-order valence-electron chi connectivity index (χ1n) is 11.9. The third kappa shape index (κ3) is 4.88. The van der Waals surface area contributed by atoms with E-state index < -0.39 is 0 Å². The first-order chi connectivity index (χ1) is 14.8. The van der Waals surface area contributed by atoms with Crippen LogP contribution in [0.2, 0.25) is 0 Å². The van der Waals surface area contributed by atoms with Crippen LogP contribution in [-0.2, 0) is 6.54 Å². The molecule has 30 heavy (non-hydrogen) atoms. The van der Waals surface area contributed by atoms with Crippen molar-refractivity contribution in [1.29, 1.82) is 0 Å². The number of ether oxygens (including phenoxy) is 1. The minimum Gasteiger partial charge on any atom is -0.494 e. The van der Waals surface area contributed by atoms with Crippen molar-refractivity contribution in [2.45, 2.75) is 83.6 Å². The molecule has 1 aromatic heterocycles. The first kappa shape index (κ1) is 21.0. The van der Waals surface area contributed by atoms with Crippen LogP contribution in [0.3, 0.4) is 0 Å². The smallest absolute Gasteiger partial charge is 0.119 e. The Morgan fingerprint density at radius 1 is 1.00 bits per heavy atom. The number of fused-ring (bicyclic) bond motifs is 1. The molecule has 3 heteroatoms. The molecule has 0 spiro atoms. The number of nitrogens with zero attached hydrogens (tertiary/aromatic N) is 2. The molecular weight excluding hydrogens is 368 g/mol. The normalized spacial score (nSPS) is 16.1. The molecule has 4 rings (SSSR count). The van der Waals surface area contributed by atoms with Gasteiger partial charge in [-0.05, 0) is 67.9 Å². The van der Waals surface area contributed by atoms with Gasteiger partial charge in [0.05, 0.1) is 17.6 Å². The summed E-state index contributed by atoms with van der Waals surface area (Å²) >= 11 is 0. The molecule has 160 valence electrons. The Morgan fingerprint density at radius 2 is 1.77 bits per heavy atom. The molecule has 1 aliphatic rings. The summed E-state index contributed by atoms with van der Waals surface area (Å²) < 4.78 is 8.50. The van der Waals surface area contributed by atoms with Crippen LogP contribution in [0.5, 0.6) is 5.75 Å². The Kier molecular flexibility index (Phi) is 7.09. The number of benzene rings is 2. The van der Waals surface area contributed by atoms with Gasteiger partial charge in [-0.2, -0.15) is 0 Å². The largest absolute Gasteiger partial charge is 0.494 e. The van der Waals surface area contributed by atoms with E-state index in [1.54, 1.807) is 0 Å². The number of imidazole rings is 1. The van der Waals surface area contributed by atoms with Crippen molar-refractivity contribution in [2.75, 3.05) is 6.61 Å². The lowest BCUT2D eigenvalue weighted by Gasteiger charge is -2.22. The molecule has 1 heterocycles. The van der Waals surface area contributed by atoms with E-state index >= 15 is 0 Å². The monoisotopic (exact) mass is 404 g/mol. The molecule has 0 bridgehead atoms. The summed E-state index contributed by atoms with van der Waals surface area (Å²) in [5.74, 6) is 3.55. The Morgan fingerprint density at radius 3 is 2.53 bits per heavy atom. The number of rotatable bonds is 9. The zero-order chi connectivity index (χ0) is 20.8. The van der Waals surface area contributed by atoms with Gasteiger partial charge in [-0.1, -0.05) is 57.4 Å². The summed E-state index contributed by atoms with van der Waals surface area (Å²) in [6.07, 6.45) is 10.0. The van der Waals surface area contributed by atoms with E-state index in [0.717, 1.165) is 37.3 Å². The van der Waals surface area contributed by atoms with E-state index in [-0.39, 0.29) is 0 Å². The number of para-hydroxylation sites is 2. The van der Waals surface area contributed by atoms with Gasteiger partial charge in [0.15, 0.2) is 0 Å². The fourth-order valence-corrected chi connectivity index (χ4v) is 4.69. The van der Waals surface area contributed by atoms with Gasteiger partial charge in [-0.15, -0.1) is 0 Å². The van der Waals surface area contributed by atoms with Crippen molar-refractivity contribution >= 4 is 11.0 Å². The standard InChI is InChI=1S/C27H36N2O/c1-3-21(2)22-15-17-24(18-16-22)30-20-10-9-19-29-26-14-8-7-13-25(26)28-27(29)23-11-5-4-6-12-23/h7-8,13-18,21,23H,3-6,9-12,19-20H2,1-2H3. The molecule has 1 fully saturated rings. The highest BCUT2D eigenvalue weighted by Crippen LogP contribution is 2.34. The van der Waals surface area contributed by atoms with Gasteiger partial charge in [-0.3, -0.25) is 0 Å². The topological polar surface area (TPSA) is 27.1 Å². The molecule has 0 saturated heterocycles. The second-order valence-electron chi connectivity index (χ2n) is 8.88. The summed E-state index contributed by atoms with van der Waals surface area (Å²) in [6.45, 7) is 6.31. The lowest BCUT2D eigenvalue weighted by molar-refractivity contribution is 0.302. The number of aryl methyl sites for hydroxylation is 1. The van der Waals surface area contributed by atoms with Crippen molar-refractivity contribution in [1.82, 2.24) is 9.55 Å². The second-order valence-corrected chi connectivity index (χ2v) is 8.88. The molecule has 1 aliphatic carbocycles. The third-order valence-electron chi connectivity index (χ3n) is 6.76. The lowest BCUT2D eigenvalue weighted by atomic mass is 9.88. The Bertz CT molecular complexity index is 922. The van der Waals surface area contributed by atoms with E-state index in [9.17, 15) is 0 Å². The highest BCUT2D eigenvalue weighted by Gasteiger charge is 2.22. The van der Waals surface area contributed by atoms with Gasteiger partial charge in [0.1, 0.15) is 11.6 Å². The Labute approximate surface area is 181 Å². The maximum absolute atomic E-state index is 6.00. The highest BCUT2D eigenvalue weighted by atomic mass is 16.5. The number of unbranched alkanes of at least 4 members (excludes halogenated alkanes) is 1. The third-order valence-corrected chi connectivity index (χ3v) is 6.76. The van der Waals surface area contributed by atoms with Crippen LogP contribution in [0.4, 0.5) is 0 Å². The van der Waals surface area contributed by atoms with Crippen LogP contribution in [0.1, 0.15) is 88.4 Å². The van der Waals surface area contributed by atoms with Gasteiger partial charge in [-0.25, -0.2) is 4.98 Å². The van der Waals surface area contributed by atoms with E-state index in [1.807, 2.05) is 0 Å². The van der Waals surface area contributed by atoms with Crippen molar-refractivity contribution in [2.24, 2.45) is 0 Å². The Hall–Kier alpha value is -2.29. The molecule has 0 N–H and O–H groups in total. The van der Waals surface area contributed by atoms with Gasteiger partial charge in [0, 0.05) is 12.5 Å². The van der Waals surface area contributed by atoms with E-state index in [2.05, 4.69) is 66.9 Å². The maximum Gasteiger partial charge on any atom is 0.119 e. The summed E-state index contributed by atoms with van der Waals surface area (Å²) in [5.41, 5.74) is 3.84. The summed E-state index contributed by atoms with van der Waals surface area (Å²) in [6, 6.07) is 17.3. The fraction of sp³-hybridized carbons (Fsp3) is 0.519. The highest BCUT2D eigenvalue weighted by molar-refractivity contribution is 5.76. The lowest BCUT2D eigenvalue weighted by Crippen LogP contribution is -2.13. The molecule has 3 aromatic rings. The fourth-order valence-electron chi connectivity index (χ4n) is 4.69. The zero-order valence-corrected chi connectivity index (χ0v) is 18.6. The summed E-state index contributed by atoms with van der Waals surface area (Å²) in [4.78, 5) is 5.04. The van der Waals surface area contributed by atoms with Crippen LogP contribution in [0.25, 0.3) is 11.0 Å². The van der Waals surface area contributed by atoms with Crippen molar-refractivity contribution < 1.29 is 4.74 Å². The molecule has 0 radical (unpaired) electrons. The minimum absolute atomic E-state index is 0.613. The molecule has 2 aromatic carbocycles. The molecule has 0 amide bonds. The quantitative estimate of drug-likeness (QED) is 0.346. The molecule has 1 atom stereocenters.